The smallest absolute Gasteiger partial charge is 0.162 e. The number of rotatable bonds is 9. The summed E-state index contributed by atoms with van der Waals surface area (Å²) < 4.78 is 0. The Morgan fingerprint density at radius 3 is 1.88 bits per heavy atom. The predicted octanol–water partition coefficient (Wildman–Crippen LogP) is 11.0. The maximum absolute atomic E-state index is 14.7. The number of halogens is 3. The molecule has 7 heteroatoms. The lowest BCUT2D eigenvalue weighted by Gasteiger charge is -2.37. The molecule has 50 heavy (non-hydrogen) atoms. The van der Waals surface area contributed by atoms with Crippen LogP contribution in [0.15, 0.2) is 139 Å². The number of hydrogen-bond acceptors (Lipinski definition) is 3. The van der Waals surface area contributed by atoms with E-state index < -0.39 is 11.5 Å². The highest BCUT2D eigenvalue weighted by atomic mass is 35.5. The van der Waals surface area contributed by atoms with Gasteiger partial charge in [-0.1, -0.05) is 134 Å². The van der Waals surface area contributed by atoms with Gasteiger partial charge < -0.3 is 15.4 Å². The van der Waals surface area contributed by atoms with Gasteiger partial charge in [-0.15, -0.1) is 0 Å². The van der Waals surface area contributed by atoms with E-state index in [9.17, 15) is 9.90 Å². The Labute approximate surface area is 307 Å². The number of ketones is 1. The third kappa shape index (κ3) is 6.61. The van der Waals surface area contributed by atoms with E-state index in [1.807, 2.05) is 91.0 Å². The number of Topliss-reactive ketones (excluding diaryl/α,β-unsaturated/α-hetero) is 1. The minimum Gasteiger partial charge on any atom is -0.384 e. The average Bonchev–Trinajstić information content (AvgIpc) is 3.49. The van der Waals surface area contributed by atoms with Gasteiger partial charge in [0.05, 0.1) is 5.69 Å². The number of aromatic amines is 1. The molecule has 1 aromatic heterocycles. The fraction of sp³-hybridized carbons (Fsp3) is 0.186. The topological polar surface area (TPSA) is 65.1 Å². The first kappa shape index (κ1) is 34.1. The summed E-state index contributed by atoms with van der Waals surface area (Å²) in [7, 11) is 0. The molecule has 1 aliphatic carbocycles. The van der Waals surface area contributed by atoms with E-state index in [0.29, 0.717) is 56.8 Å². The summed E-state index contributed by atoms with van der Waals surface area (Å²) in [6.07, 6.45) is 1.07. The van der Waals surface area contributed by atoms with E-state index in [1.54, 1.807) is 24.3 Å². The Kier molecular flexibility index (Phi) is 9.40. The van der Waals surface area contributed by atoms with Crippen LogP contribution in [0.4, 0.5) is 0 Å². The summed E-state index contributed by atoms with van der Waals surface area (Å²) in [6.45, 7) is 4.84. The second-order valence-electron chi connectivity index (χ2n) is 13.8. The van der Waals surface area contributed by atoms with Crippen LogP contribution >= 0.6 is 34.8 Å². The third-order valence-electron chi connectivity index (χ3n) is 9.68. The number of benzene rings is 5. The highest BCUT2D eigenvalue weighted by Crippen LogP contribution is 2.50. The molecular formula is C43H37Cl3N2O2. The molecule has 7 rings (SSSR count). The van der Waals surface area contributed by atoms with Gasteiger partial charge in [-0.05, 0) is 82.1 Å². The first-order chi connectivity index (χ1) is 24.0. The number of hydrogen-bond donors (Lipinski definition) is 3. The summed E-state index contributed by atoms with van der Waals surface area (Å²) in [4.78, 5) is 18.3. The SMILES string of the molecule is CC1(C)CC(=O)C([C@@H](c2ccc(Cl)cc2)c2c(C(O)(c3ccc(Cl)cc3)c3ccc(Cl)cc3)[nH]c3ccccc23)=C(NCc2ccccc2)C1. The van der Waals surface area contributed by atoms with Gasteiger partial charge in [0.1, 0.15) is 0 Å². The normalized spacial score (nSPS) is 15.4. The van der Waals surface area contributed by atoms with Crippen LogP contribution in [0, 0.1) is 5.41 Å². The second-order valence-corrected chi connectivity index (χ2v) is 15.1. The zero-order valence-electron chi connectivity index (χ0n) is 27.8. The van der Waals surface area contributed by atoms with Crippen LogP contribution in [-0.2, 0) is 16.9 Å². The highest BCUT2D eigenvalue weighted by molar-refractivity contribution is 6.31. The number of allylic oxidation sites excluding steroid dienone is 2. The van der Waals surface area contributed by atoms with Gasteiger partial charge in [-0.2, -0.15) is 0 Å². The number of aliphatic hydroxyl groups is 1. The van der Waals surface area contributed by atoms with Gasteiger partial charge in [-0.3, -0.25) is 4.79 Å². The Bertz CT molecular complexity index is 2140. The fourth-order valence-electron chi connectivity index (χ4n) is 7.35. The molecule has 1 aliphatic rings. The minimum atomic E-state index is -1.69. The van der Waals surface area contributed by atoms with Crippen molar-refractivity contribution in [1.29, 1.82) is 0 Å². The number of para-hydroxylation sites is 1. The van der Waals surface area contributed by atoms with E-state index in [-0.39, 0.29) is 11.2 Å². The van der Waals surface area contributed by atoms with E-state index in [0.717, 1.165) is 33.3 Å². The lowest BCUT2D eigenvalue weighted by atomic mass is 9.69. The van der Waals surface area contributed by atoms with E-state index in [4.69, 9.17) is 34.8 Å². The molecule has 0 unspecified atom stereocenters. The molecule has 5 aromatic carbocycles. The Hall–Kier alpha value is -4.32. The van der Waals surface area contributed by atoms with Crippen molar-refractivity contribution in [2.24, 2.45) is 5.41 Å². The van der Waals surface area contributed by atoms with Crippen molar-refractivity contribution >= 4 is 51.5 Å². The Morgan fingerprint density at radius 1 is 0.740 bits per heavy atom. The average molecular weight is 720 g/mol. The van der Waals surface area contributed by atoms with Gasteiger partial charge >= 0.3 is 0 Å². The van der Waals surface area contributed by atoms with Gasteiger partial charge in [0.2, 0.25) is 0 Å². The van der Waals surface area contributed by atoms with Crippen molar-refractivity contribution in [3.05, 3.63) is 187 Å². The molecule has 0 spiro atoms. The number of aromatic nitrogens is 1. The Balaban J connectivity index is 1.55. The summed E-state index contributed by atoms with van der Waals surface area (Å²) in [5.74, 6) is -0.499. The zero-order chi connectivity index (χ0) is 35.0. The van der Waals surface area contributed by atoms with E-state index >= 15 is 0 Å². The van der Waals surface area contributed by atoms with Gasteiger partial charge in [0.25, 0.3) is 0 Å². The molecule has 0 amide bonds. The van der Waals surface area contributed by atoms with Crippen molar-refractivity contribution in [2.75, 3.05) is 0 Å². The molecule has 0 saturated heterocycles. The van der Waals surface area contributed by atoms with Crippen molar-refractivity contribution in [1.82, 2.24) is 10.3 Å². The first-order valence-electron chi connectivity index (χ1n) is 16.7. The predicted molar refractivity (Wildman–Crippen MR) is 205 cm³/mol. The molecule has 1 atom stereocenters. The molecule has 0 aliphatic heterocycles. The van der Waals surface area contributed by atoms with Crippen LogP contribution in [0.5, 0.6) is 0 Å². The van der Waals surface area contributed by atoms with Crippen molar-refractivity contribution in [2.45, 2.75) is 44.8 Å². The van der Waals surface area contributed by atoms with Crippen molar-refractivity contribution in [3.8, 4) is 0 Å². The lowest BCUT2D eigenvalue weighted by Crippen LogP contribution is -2.35. The number of carbonyl (C=O) groups is 1. The van der Waals surface area contributed by atoms with Crippen LogP contribution in [0.1, 0.15) is 66.1 Å². The second kappa shape index (κ2) is 13.8. The molecule has 252 valence electrons. The third-order valence-corrected chi connectivity index (χ3v) is 10.4. The largest absolute Gasteiger partial charge is 0.384 e. The van der Waals surface area contributed by atoms with E-state index in [1.165, 1.54) is 0 Å². The molecule has 6 aromatic rings. The molecule has 0 fully saturated rings. The van der Waals surface area contributed by atoms with Gasteiger partial charge in [0.15, 0.2) is 11.4 Å². The molecule has 3 N–H and O–H groups in total. The molecular weight excluding hydrogens is 683 g/mol. The summed E-state index contributed by atoms with van der Waals surface area (Å²) in [6, 6.07) is 40.3. The maximum Gasteiger partial charge on any atom is 0.162 e. The highest BCUT2D eigenvalue weighted by Gasteiger charge is 2.44. The van der Waals surface area contributed by atoms with Crippen LogP contribution < -0.4 is 5.32 Å². The molecule has 0 saturated carbocycles. The van der Waals surface area contributed by atoms with E-state index in [2.05, 4.69) is 36.3 Å². The molecule has 0 bridgehead atoms. The van der Waals surface area contributed by atoms with Crippen LogP contribution in [-0.4, -0.2) is 15.9 Å². The van der Waals surface area contributed by atoms with Gasteiger partial charge in [0, 0.05) is 56.1 Å². The number of nitrogens with one attached hydrogen (secondary N) is 2. The monoisotopic (exact) mass is 718 g/mol. The minimum absolute atomic E-state index is 0.0644. The molecule has 1 heterocycles. The summed E-state index contributed by atoms with van der Waals surface area (Å²) >= 11 is 19.2. The number of carbonyl (C=O) groups excluding carboxylic acids is 1. The number of fused-ring (bicyclic) bond motifs is 1. The first-order valence-corrected chi connectivity index (χ1v) is 17.8. The molecule has 4 nitrogen and oxygen atoms in total. The fourth-order valence-corrected chi connectivity index (χ4v) is 7.73. The maximum atomic E-state index is 14.7. The quantitative estimate of drug-likeness (QED) is 0.139. The van der Waals surface area contributed by atoms with Crippen molar-refractivity contribution in [3.63, 3.8) is 0 Å². The summed E-state index contributed by atoms with van der Waals surface area (Å²) in [5, 5.41) is 19.7. The van der Waals surface area contributed by atoms with Crippen LogP contribution in [0.3, 0.4) is 0 Å². The zero-order valence-corrected chi connectivity index (χ0v) is 30.1. The number of H-pyrrole nitrogens is 1. The van der Waals surface area contributed by atoms with Crippen LogP contribution in [0.2, 0.25) is 15.1 Å². The van der Waals surface area contributed by atoms with Crippen molar-refractivity contribution < 1.29 is 9.90 Å². The Morgan fingerprint density at radius 2 is 1.28 bits per heavy atom. The standard InChI is InChI=1S/C43H37Cl3N2O2/c1-42(2)24-36(47-26-27-8-4-3-5-9-27)40(37(49)25-42)38(28-12-18-31(44)19-13-28)39-34-10-6-7-11-35(34)48-41(39)43(50,29-14-20-32(45)21-15-29)30-16-22-33(46)23-17-30/h3-23,38,47-48,50H,24-26H2,1-2H3/t38-/m0/s1. The summed E-state index contributed by atoms with van der Waals surface area (Å²) in [5.41, 5.74) is 5.05. The lowest BCUT2D eigenvalue weighted by molar-refractivity contribution is -0.118. The van der Waals surface area contributed by atoms with Crippen LogP contribution in [0.25, 0.3) is 10.9 Å². The molecule has 0 radical (unpaired) electrons. The van der Waals surface area contributed by atoms with Gasteiger partial charge in [-0.25, -0.2) is 0 Å².